The zero-order valence-corrected chi connectivity index (χ0v) is 14.1. The van der Waals surface area contributed by atoms with Gasteiger partial charge in [0.2, 0.25) is 11.8 Å². The monoisotopic (exact) mass is 404 g/mol. The predicted octanol–water partition coefficient (Wildman–Crippen LogP) is 5.08. The Kier molecular flexibility index (Phi) is 6.32. The van der Waals surface area contributed by atoms with E-state index < -0.39 is 35.3 Å². The molecule has 0 saturated carbocycles. The molecule has 10 heteroatoms. The van der Waals surface area contributed by atoms with Crippen LogP contribution in [0.5, 0.6) is 0 Å². The summed E-state index contributed by atoms with van der Waals surface area (Å²) in [7, 11) is 0. The molecular formula is C18H14F6N2O2. The maximum absolute atomic E-state index is 12.5. The third kappa shape index (κ3) is 6.29. The lowest BCUT2D eigenvalue weighted by Gasteiger charge is -2.10. The summed E-state index contributed by atoms with van der Waals surface area (Å²) in [4.78, 5) is 23.5. The molecule has 0 radical (unpaired) electrons. The number of anilines is 2. The summed E-state index contributed by atoms with van der Waals surface area (Å²) in [6.45, 7) is 0. The van der Waals surface area contributed by atoms with Crippen LogP contribution in [0.1, 0.15) is 24.0 Å². The van der Waals surface area contributed by atoms with E-state index in [-0.39, 0.29) is 24.2 Å². The van der Waals surface area contributed by atoms with E-state index in [1.165, 1.54) is 0 Å². The van der Waals surface area contributed by atoms with Crippen LogP contribution in [0.2, 0.25) is 0 Å². The normalized spacial score (nSPS) is 11.8. The third-order valence-corrected chi connectivity index (χ3v) is 3.57. The summed E-state index contributed by atoms with van der Waals surface area (Å²) < 4.78 is 74.8. The molecule has 150 valence electrons. The van der Waals surface area contributed by atoms with Crippen molar-refractivity contribution < 1.29 is 35.9 Å². The third-order valence-electron chi connectivity index (χ3n) is 3.57. The summed E-state index contributed by atoms with van der Waals surface area (Å²) in [5.41, 5.74) is -1.44. The van der Waals surface area contributed by atoms with Gasteiger partial charge in [-0.05, 0) is 48.5 Å². The minimum Gasteiger partial charge on any atom is -0.326 e. The molecule has 2 amide bonds. The first kappa shape index (κ1) is 21.3. The van der Waals surface area contributed by atoms with E-state index in [1.54, 1.807) is 0 Å². The number of carbonyl (C=O) groups is 2. The lowest BCUT2D eigenvalue weighted by molar-refractivity contribution is -0.138. The minimum absolute atomic E-state index is 0.140. The van der Waals surface area contributed by atoms with Crippen molar-refractivity contribution in [2.45, 2.75) is 25.2 Å². The number of amides is 2. The molecular weight excluding hydrogens is 390 g/mol. The molecule has 0 bridgehead atoms. The van der Waals surface area contributed by atoms with Gasteiger partial charge in [-0.2, -0.15) is 26.3 Å². The van der Waals surface area contributed by atoms with Crippen molar-refractivity contribution in [1.82, 2.24) is 0 Å². The average Bonchev–Trinajstić information content (AvgIpc) is 2.59. The van der Waals surface area contributed by atoms with Crippen molar-refractivity contribution in [2.24, 2.45) is 0 Å². The summed E-state index contributed by atoms with van der Waals surface area (Å²) in [5, 5.41) is 4.71. The molecule has 28 heavy (non-hydrogen) atoms. The van der Waals surface area contributed by atoms with Crippen molar-refractivity contribution in [3.8, 4) is 0 Å². The predicted molar refractivity (Wildman–Crippen MR) is 89.4 cm³/mol. The first-order valence-corrected chi connectivity index (χ1v) is 7.89. The molecule has 0 unspecified atom stereocenters. The van der Waals surface area contributed by atoms with Gasteiger partial charge < -0.3 is 10.6 Å². The molecule has 0 heterocycles. The Hall–Kier alpha value is -3.04. The van der Waals surface area contributed by atoms with Crippen LogP contribution >= 0.6 is 0 Å². The van der Waals surface area contributed by atoms with Crippen LogP contribution in [0.15, 0.2) is 48.5 Å². The highest BCUT2D eigenvalue weighted by Crippen LogP contribution is 2.30. The number of carbonyl (C=O) groups excluding carboxylic acids is 2. The van der Waals surface area contributed by atoms with Crippen LogP contribution in [0.3, 0.4) is 0 Å². The van der Waals surface area contributed by atoms with E-state index in [0.29, 0.717) is 0 Å². The zero-order chi connectivity index (χ0) is 20.9. The van der Waals surface area contributed by atoms with Gasteiger partial charge in [-0.25, -0.2) is 0 Å². The van der Waals surface area contributed by atoms with Crippen LogP contribution in [-0.4, -0.2) is 11.8 Å². The Bertz CT molecular complexity index is 756. The summed E-state index contributed by atoms with van der Waals surface area (Å²) >= 11 is 0. The maximum atomic E-state index is 12.5. The van der Waals surface area contributed by atoms with Gasteiger partial charge >= 0.3 is 12.4 Å². The second-order valence-corrected chi connectivity index (χ2v) is 5.75. The van der Waals surface area contributed by atoms with Crippen LogP contribution in [0.4, 0.5) is 37.7 Å². The Balaban J connectivity index is 1.81. The summed E-state index contributed by atoms with van der Waals surface area (Å²) in [6.07, 6.45) is -9.49. The molecule has 0 aromatic heterocycles. The quantitative estimate of drug-likeness (QED) is 0.683. The molecule has 2 N–H and O–H groups in total. The fraction of sp³-hybridized carbons (Fsp3) is 0.222. The molecule has 0 aliphatic heterocycles. The molecule has 0 saturated heterocycles. The van der Waals surface area contributed by atoms with Crippen molar-refractivity contribution in [2.75, 3.05) is 10.6 Å². The number of hydrogen-bond donors (Lipinski definition) is 2. The number of alkyl halides is 6. The van der Waals surface area contributed by atoms with Crippen molar-refractivity contribution in [3.63, 3.8) is 0 Å². The molecule has 0 atom stereocenters. The Morgan fingerprint density at radius 2 is 0.893 bits per heavy atom. The minimum atomic E-state index is -4.49. The second-order valence-electron chi connectivity index (χ2n) is 5.75. The Labute approximate surface area is 155 Å². The van der Waals surface area contributed by atoms with Crippen LogP contribution in [-0.2, 0) is 21.9 Å². The summed E-state index contributed by atoms with van der Waals surface area (Å²) in [6, 6.07) is 7.59. The van der Waals surface area contributed by atoms with Gasteiger partial charge in [-0.1, -0.05) is 0 Å². The standard InChI is InChI=1S/C18H14F6N2O2/c19-17(20,21)11-1-5-13(6-2-11)25-15(27)9-10-16(28)26-14-7-3-12(4-8-14)18(22,23)24/h1-8H,9-10H2,(H,25,27)(H,26,28). The molecule has 0 fully saturated rings. The number of rotatable bonds is 5. The molecule has 0 aliphatic rings. The van der Waals surface area contributed by atoms with Crippen LogP contribution < -0.4 is 10.6 Å². The van der Waals surface area contributed by atoms with Crippen molar-refractivity contribution in [1.29, 1.82) is 0 Å². The van der Waals surface area contributed by atoms with Gasteiger partial charge in [0.1, 0.15) is 0 Å². The highest BCUT2D eigenvalue weighted by Gasteiger charge is 2.30. The highest BCUT2D eigenvalue weighted by atomic mass is 19.4. The first-order chi connectivity index (χ1) is 12.9. The van der Waals surface area contributed by atoms with Gasteiger partial charge in [-0.3, -0.25) is 9.59 Å². The zero-order valence-electron chi connectivity index (χ0n) is 14.1. The Morgan fingerprint density at radius 3 is 1.14 bits per heavy atom. The first-order valence-electron chi connectivity index (χ1n) is 7.89. The molecule has 0 aliphatic carbocycles. The van der Waals surface area contributed by atoms with Crippen molar-refractivity contribution in [3.05, 3.63) is 59.7 Å². The van der Waals surface area contributed by atoms with Crippen molar-refractivity contribution >= 4 is 23.2 Å². The molecule has 4 nitrogen and oxygen atoms in total. The molecule has 2 aromatic carbocycles. The fourth-order valence-corrected chi connectivity index (χ4v) is 2.16. The molecule has 0 spiro atoms. The number of halogens is 6. The highest BCUT2D eigenvalue weighted by molar-refractivity contribution is 5.96. The molecule has 2 rings (SSSR count). The van der Waals surface area contributed by atoms with E-state index in [1.807, 2.05) is 0 Å². The van der Waals surface area contributed by atoms with Gasteiger partial charge in [0.25, 0.3) is 0 Å². The van der Waals surface area contributed by atoms with Gasteiger partial charge in [0.15, 0.2) is 0 Å². The van der Waals surface area contributed by atoms with E-state index >= 15 is 0 Å². The van der Waals surface area contributed by atoms with E-state index in [4.69, 9.17) is 0 Å². The lowest BCUT2D eigenvalue weighted by atomic mass is 10.2. The largest absolute Gasteiger partial charge is 0.416 e. The number of nitrogens with one attached hydrogen (secondary N) is 2. The average molecular weight is 404 g/mol. The SMILES string of the molecule is O=C(CCC(=O)Nc1ccc(C(F)(F)F)cc1)Nc1ccc(C(F)(F)F)cc1. The Morgan fingerprint density at radius 1 is 0.607 bits per heavy atom. The van der Waals surface area contributed by atoms with Gasteiger partial charge in [-0.15, -0.1) is 0 Å². The molecule has 2 aromatic rings. The van der Waals surface area contributed by atoms with E-state index in [9.17, 15) is 35.9 Å². The van der Waals surface area contributed by atoms with Gasteiger partial charge in [0, 0.05) is 24.2 Å². The number of benzene rings is 2. The number of hydrogen-bond acceptors (Lipinski definition) is 2. The maximum Gasteiger partial charge on any atom is 0.416 e. The lowest BCUT2D eigenvalue weighted by Crippen LogP contribution is -2.17. The van der Waals surface area contributed by atoms with Crippen LogP contribution in [0, 0.1) is 0 Å². The van der Waals surface area contributed by atoms with E-state index in [2.05, 4.69) is 10.6 Å². The smallest absolute Gasteiger partial charge is 0.326 e. The second kappa shape index (κ2) is 8.32. The fourth-order valence-electron chi connectivity index (χ4n) is 2.16. The van der Waals surface area contributed by atoms with E-state index in [0.717, 1.165) is 48.5 Å². The topological polar surface area (TPSA) is 58.2 Å². The van der Waals surface area contributed by atoms with Gasteiger partial charge in [0.05, 0.1) is 11.1 Å². The summed E-state index contributed by atoms with van der Waals surface area (Å²) in [5.74, 6) is -1.19. The van der Waals surface area contributed by atoms with Crippen LogP contribution in [0.25, 0.3) is 0 Å².